The molecule has 1 fully saturated rings. The topological polar surface area (TPSA) is 202 Å². The Labute approximate surface area is 241 Å². The molecule has 1 aliphatic rings. The molecule has 226 valence electrons. The number of nitrogens with one attached hydrogen (secondary N) is 1. The first-order chi connectivity index (χ1) is 19.4. The first-order valence-electron chi connectivity index (χ1n) is 12.8. The SMILES string of the molecule is CCOC(=O)C(C)(C)C(=O)SCCOP(=O)(NCc1ccccc1)OC[C@H]1O[C@@H](n2ccc(N)nc2=O)[C@H](O)C1O. The van der Waals surface area contributed by atoms with E-state index in [-0.39, 0.29) is 31.3 Å². The number of carbonyl (C=O) groups excluding carboxylic acids is 2. The van der Waals surface area contributed by atoms with Crippen molar-refractivity contribution in [2.24, 2.45) is 5.41 Å². The van der Waals surface area contributed by atoms with Gasteiger partial charge in [-0.2, -0.15) is 4.98 Å². The predicted molar refractivity (Wildman–Crippen MR) is 150 cm³/mol. The van der Waals surface area contributed by atoms with Crippen LogP contribution in [-0.2, 0) is 39.2 Å². The second kappa shape index (κ2) is 14.5. The molecule has 1 aromatic carbocycles. The number of anilines is 1. The van der Waals surface area contributed by atoms with Crippen molar-refractivity contribution in [3.05, 3.63) is 58.6 Å². The molecule has 0 saturated carbocycles. The van der Waals surface area contributed by atoms with E-state index in [1.807, 2.05) is 6.07 Å². The first kappa shape index (κ1) is 32.9. The number of esters is 1. The molecule has 0 amide bonds. The summed E-state index contributed by atoms with van der Waals surface area (Å²) in [6.45, 7) is 4.13. The molecule has 0 spiro atoms. The number of nitrogens with two attached hydrogens (primary N) is 1. The van der Waals surface area contributed by atoms with Gasteiger partial charge in [0, 0.05) is 18.5 Å². The number of aromatic nitrogens is 2. The van der Waals surface area contributed by atoms with Crippen LogP contribution in [0.4, 0.5) is 5.82 Å². The maximum atomic E-state index is 13.6. The van der Waals surface area contributed by atoms with Crippen LogP contribution in [0.5, 0.6) is 0 Å². The van der Waals surface area contributed by atoms with Crippen molar-refractivity contribution in [3.8, 4) is 0 Å². The highest BCUT2D eigenvalue weighted by Crippen LogP contribution is 2.45. The summed E-state index contributed by atoms with van der Waals surface area (Å²) in [5, 5.41) is 23.3. The van der Waals surface area contributed by atoms with Crippen LogP contribution in [0.3, 0.4) is 0 Å². The molecule has 2 heterocycles. The van der Waals surface area contributed by atoms with Gasteiger partial charge in [0.1, 0.15) is 29.5 Å². The highest BCUT2D eigenvalue weighted by atomic mass is 32.2. The van der Waals surface area contributed by atoms with E-state index >= 15 is 0 Å². The lowest BCUT2D eigenvalue weighted by Gasteiger charge is -2.23. The molecule has 14 nitrogen and oxygen atoms in total. The molecule has 0 aliphatic carbocycles. The first-order valence-corrected chi connectivity index (χ1v) is 15.3. The lowest BCUT2D eigenvalue weighted by Crippen LogP contribution is -2.36. The summed E-state index contributed by atoms with van der Waals surface area (Å²) in [5.41, 5.74) is 4.12. The molecule has 5 atom stereocenters. The van der Waals surface area contributed by atoms with E-state index < -0.39 is 61.1 Å². The maximum absolute atomic E-state index is 13.6. The normalized spacial score (nSPS) is 22.3. The number of rotatable bonds is 14. The summed E-state index contributed by atoms with van der Waals surface area (Å²) in [6.07, 6.45) is -4.22. The number of hydrogen-bond donors (Lipinski definition) is 4. The van der Waals surface area contributed by atoms with Gasteiger partial charge in [0.05, 0.1) is 19.8 Å². The van der Waals surface area contributed by atoms with E-state index in [1.54, 1.807) is 31.2 Å². The van der Waals surface area contributed by atoms with Gasteiger partial charge in [-0.3, -0.25) is 23.2 Å². The number of carbonyl (C=O) groups is 2. The van der Waals surface area contributed by atoms with Crippen LogP contribution in [0.2, 0.25) is 0 Å². The van der Waals surface area contributed by atoms with Gasteiger partial charge in [0.15, 0.2) is 6.23 Å². The summed E-state index contributed by atoms with van der Waals surface area (Å²) >= 11 is 0.823. The smallest absolute Gasteiger partial charge is 0.405 e. The third-order valence-electron chi connectivity index (χ3n) is 6.07. The van der Waals surface area contributed by atoms with Crippen molar-refractivity contribution >= 4 is 36.4 Å². The average Bonchev–Trinajstić information content (AvgIpc) is 3.22. The van der Waals surface area contributed by atoms with Crippen LogP contribution in [0, 0.1) is 5.41 Å². The Balaban J connectivity index is 1.64. The van der Waals surface area contributed by atoms with E-state index in [4.69, 9.17) is 24.3 Å². The molecule has 1 aromatic heterocycles. The van der Waals surface area contributed by atoms with Gasteiger partial charge in [-0.25, -0.2) is 14.4 Å². The molecule has 3 rings (SSSR count). The summed E-state index contributed by atoms with van der Waals surface area (Å²) in [7, 11) is -4.06. The summed E-state index contributed by atoms with van der Waals surface area (Å²) < 4.78 is 36.3. The second-order valence-corrected chi connectivity index (χ2v) is 12.4. The monoisotopic (exact) mass is 614 g/mol. The van der Waals surface area contributed by atoms with Gasteiger partial charge in [-0.1, -0.05) is 42.1 Å². The Morgan fingerprint density at radius 1 is 1.20 bits per heavy atom. The van der Waals surface area contributed by atoms with E-state index in [0.29, 0.717) is 0 Å². The van der Waals surface area contributed by atoms with Crippen molar-refractivity contribution in [2.75, 3.05) is 31.3 Å². The molecule has 0 bridgehead atoms. The third kappa shape index (κ3) is 8.69. The Morgan fingerprint density at radius 2 is 1.90 bits per heavy atom. The highest BCUT2D eigenvalue weighted by molar-refractivity contribution is 8.13. The predicted octanol–water partition coefficient (Wildman–Crippen LogP) is 1.22. The molecular weight excluding hydrogens is 579 g/mol. The Kier molecular flexibility index (Phi) is 11.6. The minimum atomic E-state index is -4.06. The average molecular weight is 615 g/mol. The zero-order valence-electron chi connectivity index (χ0n) is 22.9. The van der Waals surface area contributed by atoms with Gasteiger partial charge in [-0.15, -0.1) is 0 Å². The van der Waals surface area contributed by atoms with Crippen LogP contribution in [-0.4, -0.2) is 74.7 Å². The highest BCUT2D eigenvalue weighted by Gasteiger charge is 2.45. The summed E-state index contributed by atoms with van der Waals surface area (Å²) in [4.78, 5) is 40.4. The molecule has 1 aliphatic heterocycles. The molecule has 0 radical (unpaired) electrons. The number of thioether (sulfide) groups is 1. The second-order valence-electron chi connectivity index (χ2n) is 9.52. The fraction of sp³-hybridized carbons (Fsp3) is 0.520. The number of hydrogen-bond acceptors (Lipinski definition) is 13. The van der Waals surface area contributed by atoms with Crippen molar-refractivity contribution in [2.45, 2.75) is 51.9 Å². The minimum absolute atomic E-state index is 0.0222. The molecule has 1 saturated heterocycles. The van der Waals surface area contributed by atoms with E-state index in [9.17, 15) is 29.2 Å². The molecule has 2 aromatic rings. The van der Waals surface area contributed by atoms with Crippen molar-refractivity contribution < 1.29 is 42.9 Å². The largest absolute Gasteiger partial charge is 0.465 e. The van der Waals surface area contributed by atoms with E-state index in [2.05, 4.69) is 10.1 Å². The zero-order valence-corrected chi connectivity index (χ0v) is 24.6. The Bertz CT molecular complexity index is 1290. The lowest BCUT2D eigenvalue weighted by molar-refractivity contribution is -0.155. The Hall–Kier alpha value is -2.62. The van der Waals surface area contributed by atoms with Crippen LogP contribution in [0.1, 0.15) is 32.6 Å². The van der Waals surface area contributed by atoms with E-state index in [1.165, 1.54) is 26.1 Å². The zero-order chi connectivity index (χ0) is 30.2. The number of nitrogens with zero attached hydrogens (tertiary/aromatic N) is 2. The quantitative estimate of drug-likeness (QED) is 0.102. The molecule has 2 unspecified atom stereocenters. The van der Waals surface area contributed by atoms with Crippen LogP contribution in [0.15, 0.2) is 47.4 Å². The van der Waals surface area contributed by atoms with Crippen molar-refractivity contribution in [1.29, 1.82) is 0 Å². The molecule has 41 heavy (non-hydrogen) atoms. The number of aliphatic hydroxyl groups excluding tert-OH is 2. The summed E-state index contributed by atoms with van der Waals surface area (Å²) in [6, 6.07) is 10.4. The van der Waals surface area contributed by atoms with Crippen LogP contribution < -0.4 is 16.5 Å². The summed E-state index contributed by atoms with van der Waals surface area (Å²) in [5.74, 6) is -0.617. The standard InChI is InChI=1S/C25H35N4O10PS/c1-4-36-22(32)25(2,3)23(33)41-13-12-37-40(35,27-14-16-8-6-5-7-9-16)38-15-17-19(30)20(31)21(39-17)29-11-10-18(26)28-24(29)34/h5-11,17,19-21,30-31H,4,12-15H2,1-3H3,(H,27,35)(H2,26,28,34)/t17-,19?,20-,21-,40?/m1/s1. The lowest BCUT2D eigenvalue weighted by atomic mass is 9.96. The number of nitrogen functional groups attached to an aromatic ring is 1. The third-order valence-corrected chi connectivity index (χ3v) is 8.77. The number of ether oxygens (including phenoxy) is 2. The minimum Gasteiger partial charge on any atom is -0.465 e. The van der Waals surface area contributed by atoms with Gasteiger partial charge < -0.3 is 25.4 Å². The van der Waals surface area contributed by atoms with Gasteiger partial charge in [0.25, 0.3) is 0 Å². The van der Waals surface area contributed by atoms with Gasteiger partial charge >= 0.3 is 19.4 Å². The number of benzene rings is 1. The van der Waals surface area contributed by atoms with Crippen LogP contribution >= 0.6 is 19.5 Å². The van der Waals surface area contributed by atoms with Gasteiger partial charge in [0.2, 0.25) is 5.12 Å². The molecular formula is C25H35N4O10PS. The van der Waals surface area contributed by atoms with Crippen molar-refractivity contribution in [3.63, 3.8) is 0 Å². The van der Waals surface area contributed by atoms with E-state index in [0.717, 1.165) is 21.9 Å². The molecule has 5 N–H and O–H groups in total. The fourth-order valence-electron chi connectivity index (χ4n) is 3.67. The van der Waals surface area contributed by atoms with Gasteiger partial charge in [-0.05, 0) is 32.4 Å². The fourth-order valence-corrected chi connectivity index (χ4v) is 5.90. The Morgan fingerprint density at radius 3 is 2.56 bits per heavy atom. The number of aliphatic hydroxyl groups is 2. The molecule has 16 heteroatoms. The van der Waals surface area contributed by atoms with Crippen molar-refractivity contribution in [1.82, 2.24) is 14.6 Å². The maximum Gasteiger partial charge on any atom is 0.405 e. The van der Waals surface area contributed by atoms with Crippen LogP contribution in [0.25, 0.3) is 0 Å².